The summed E-state index contributed by atoms with van der Waals surface area (Å²) in [5.74, 6) is -0.676. The molecule has 1 aliphatic rings. The van der Waals surface area contributed by atoms with E-state index < -0.39 is 9.85 Å². The molecule has 29 heavy (non-hydrogen) atoms. The molecule has 3 rings (SSSR count). The Bertz CT molecular complexity index is 993. The lowest BCUT2D eigenvalue weighted by Crippen LogP contribution is -2.20. The number of carbonyl (C=O) groups is 2. The molecule has 2 aromatic carbocycles. The zero-order valence-electron chi connectivity index (χ0n) is 15.4. The zero-order valence-corrected chi connectivity index (χ0v) is 15.4. The van der Waals surface area contributed by atoms with Crippen LogP contribution in [0.15, 0.2) is 60.2 Å². The van der Waals surface area contributed by atoms with Crippen LogP contribution < -0.4 is 0 Å². The van der Waals surface area contributed by atoms with Gasteiger partial charge in [0.1, 0.15) is 0 Å². The monoisotopic (exact) mass is 394 g/mol. The number of hydrogen-bond acceptors (Lipinski definition) is 6. The van der Waals surface area contributed by atoms with E-state index in [1.54, 1.807) is 0 Å². The average Bonchev–Trinajstić information content (AvgIpc) is 2.73. The summed E-state index contributed by atoms with van der Waals surface area (Å²) < 4.78 is 0. The molecule has 0 amide bonds. The first kappa shape index (κ1) is 20.1. The molecule has 148 valence electrons. The maximum atomic E-state index is 12.9. The highest BCUT2D eigenvalue weighted by Crippen LogP contribution is 2.32. The van der Waals surface area contributed by atoms with Gasteiger partial charge in [-0.3, -0.25) is 29.8 Å². The van der Waals surface area contributed by atoms with Crippen LogP contribution in [0, 0.1) is 26.1 Å². The van der Waals surface area contributed by atoms with E-state index >= 15 is 0 Å². The summed E-state index contributed by atoms with van der Waals surface area (Å²) in [4.78, 5) is 46.0. The van der Waals surface area contributed by atoms with Crippen molar-refractivity contribution >= 4 is 22.9 Å². The molecule has 0 aliphatic heterocycles. The van der Waals surface area contributed by atoms with Gasteiger partial charge in [-0.25, -0.2) is 0 Å². The normalized spacial score (nSPS) is 16.0. The Hall–Kier alpha value is -3.68. The summed E-state index contributed by atoms with van der Waals surface area (Å²) in [5, 5.41) is 21.5. The second-order valence-electron chi connectivity index (χ2n) is 6.85. The molecule has 1 aliphatic carbocycles. The van der Waals surface area contributed by atoms with Gasteiger partial charge in [0.25, 0.3) is 11.4 Å². The van der Waals surface area contributed by atoms with Crippen molar-refractivity contribution in [3.8, 4) is 0 Å². The van der Waals surface area contributed by atoms with Crippen LogP contribution in [-0.4, -0.2) is 21.4 Å². The van der Waals surface area contributed by atoms with E-state index in [0.717, 1.165) is 12.8 Å². The molecule has 0 saturated carbocycles. The fraction of sp³-hybridized carbons (Fsp3) is 0.238. The Morgan fingerprint density at radius 3 is 1.90 bits per heavy atom. The summed E-state index contributed by atoms with van der Waals surface area (Å²) in [6, 6.07) is 10.8. The van der Waals surface area contributed by atoms with Gasteiger partial charge in [0.15, 0.2) is 11.6 Å². The number of rotatable bonds is 7. The molecule has 2 aromatic rings. The Labute approximate surface area is 166 Å². The number of nitro groups is 2. The number of hydrogen-bond donors (Lipinski definition) is 0. The van der Waals surface area contributed by atoms with E-state index in [0.29, 0.717) is 23.1 Å². The number of benzene rings is 2. The maximum absolute atomic E-state index is 12.9. The van der Waals surface area contributed by atoms with Crippen molar-refractivity contribution < 1.29 is 19.4 Å². The first-order valence-corrected chi connectivity index (χ1v) is 9.13. The predicted molar refractivity (Wildman–Crippen MR) is 105 cm³/mol. The second kappa shape index (κ2) is 8.55. The number of ketones is 2. The highest BCUT2D eigenvalue weighted by molar-refractivity contribution is 6.10. The number of nitrogens with zero attached hydrogens (tertiary/aromatic N) is 2. The quantitative estimate of drug-likeness (QED) is 0.382. The lowest BCUT2D eigenvalue weighted by molar-refractivity contribution is -0.385. The fourth-order valence-corrected chi connectivity index (χ4v) is 3.45. The molecule has 0 saturated heterocycles. The molecular formula is C21H18N2O6. The van der Waals surface area contributed by atoms with Gasteiger partial charge in [0.2, 0.25) is 0 Å². The van der Waals surface area contributed by atoms with Crippen LogP contribution in [0.4, 0.5) is 11.4 Å². The van der Waals surface area contributed by atoms with Crippen molar-refractivity contribution in [3.05, 3.63) is 91.5 Å². The van der Waals surface area contributed by atoms with Gasteiger partial charge in [-0.1, -0.05) is 6.08 Å². The van der Waals surface area contributed by atoms with Gasteiger partial charge in [-0.2, -0.15) is 0 Å². The van der Waals surface area contributed by atoms with Crippen LogP contribution in [0.2, 0.25) is 0 Å². The zero-order chi connectivity index (χ0) is 21.0. The summed E-state index contributed by atoms with van der Waals surface area (Å²) >= 11 is 0. The molecule has 0 bridgehead atoms. The SMILES string of the molecule is O=C(C[C@@H]1CCCC=C1C(=O)c1ccc([N+](=O)[O-])cc1)c1ccc([N+](=O)[O-])cc1. The average molecular weight is 394 g/mol. The molecule has 0 radical (unpaired) electrons. The first-order valence-electron chi connectivity index (χ1n) is 9.13. The fourth-order valence-electron chi connectivity index (χ4n) is 3.45. The lowest BCUT2D eigenvalue weighted by Gasteiger charge is -2.23. The predicted octanol–water partition coefficient (Wildman–Crippen LogP) is 4.69. The molecule has 0 spiro atoms. The molecule has 0 aromatic heterocycles. The summed E-state index contributed by atoms with van der Waals surface area (Å²) in [6.07, 6.45) is 4.23. The van der Waals surface area contributed by atoms with Gasteiger partial charge >= 0.3 is 0 Å². The maximum Gasteiger partial charge on any atom is 0.269 e. The minimum atomic E-state index is -0.529. The Balaban J connectivity index is 1.76. The van der Waals surface area contributed by atoms with Crippen molar-refractivity contribution in [1.29, 1.82) is 0 Å². The number of nitro benzene ring substituents is 2. The molecule has 0 unspecified atom stereocenters. The standard InChI is InChI=1S/C21H18N2O6/c24-20(14-5-9-17(10-6-14)22(26)27)13-16-3-1-2-4-19(16)21(25)15-7-11-18(12-8-15)23(28)29/h4-12,16H,1-3,13H2/t16-/m0/s1. The molecule has 8 heteroatoms. The van der Waals surface area contributed by atoms with E-state index in [4.69, 9.17) is 0 Å². The molecule has 1 atom stereocenters. The first-order chi connectivity index (χ1) is 13.9. The van der Waals surface area contributed by atoms with Crippen molar-refractivity contribution in [2.45, 2.75) is 25.7 Å². The number of non-ortho nitro benzene ring substituents is 2. The largest absolute Gasteiger partial charge is 0.294 e. The van der Waals surface area contributed by atoms with Crippen molar-refractivity contribution in [2.24, 2.45) is 5.92 Å². The van der Waals surface area contributed by atoms with Crippen molar-refractivity contribution in [2.75, 3.05) is 0 Å². The van der Waals surface area contributed by atoms with Gasteiger partial charge in [0.05, 0.1) is 9.85 Å². The van der Waals surface area contributed by atoms with E-state index in [2.05, 4.69) is 0 Å². The van der Waals surface area contributed by atoms with E-state index in [1.807, 2.05) is 6.08 Å². The minimum absolute atomic E-state index is 0.0897. The molecule has 0 N–H and O–H groups in total. The summed E-state index contributed by atoms with van der Waals surface area (Å²) in [5.41, 5.74) is 1.07. The highest BCUT2D eigenvalue weighted by Gasteiger charge is 2.27. The Morgan fingerprint density at radius 2 is 1.38 bits per heavy atom. The summed E-state index contributed by atoms with van der Waals surface area (Å²) in [6.45, 7) is 0. The Morgan fingerprint density at radius 1 is 0.862 bits per heavy atom. The third kappa shape index (κ3) is 4.60. The van der Waals surface area contributed by atoms with E-state index in [1.165, 1.54) is 48.5 Å². The number of allylic oxidation sites excluding steroid dienone is 2. The second-order valence-corrected chi connectivity index (χ2v) is 6.85. The topological polar surface area (TPSA) is 120 Å². The molecule has 0 fully saturated rings. The van der Waals surface area contributed by atoms with Crippen LogP contribution >= 0.6 is 0 Å². The van der Waals surface area contributed by atoms with Gasteiger partial charge < -0.3 is 0 Å². The lowest BCUT2D eigenvalue weighted by atomic mass is 9.80. The van der Waals surface area contributed by atoms with Crippen LogP contribution in [0.3, 0.4) is 0 Å². The third-order valence-corrected chi connectivity index (χ3v) is 5.00. The number of Topliss-reactive ketones (excluding diaryl/α,β-unsaturated/α-hetero) is 2. The molecule has 0 heterocycles. The van der Waals surface area contributed by atoms with Crippen LogP contribution in [0.25, 0.3) is 0 Å². The highest BCUT2D eigenvalue weighted by atomic mass is 16.6. The van der Waals surface area contributed by atoms with Gasteiger partial charge in [0, 0.05) is 41.8 Å². The number of carbonyl (C=O) groups excluding carboxylic acids is 2. The minimum Gasteiger partial charge on any atom is -0.294 e. The Kier molecular flexibility index (Phi) is 5.92. The van der Waals surface area contributed by atoms with Crippen LogP contribution in [0.5, 0.6) is 0 Å². The van der Waals surface area contributed by atoms with Gasteiger partial charge in [-0.05, 0) is 55.0 Å². The summed E-state index contributed by atoms with van der Waals surface area (Å²) in [7, 11) is 0. The van der Waals surface area contributed by atoms with Crippen LogP contribution in [-0.2, 0) is 0 Å². The molecular weight excluding hydrogens is 376 g/mol. The van der Waals surface area contributed by atoms with E-state index in [9.17, 15) is 29.8 Å². The van der Waals surface area contributed by atoms with Crippen molar-refractivity contribution in [3.63, 3.8) is 0 Å². The third-order valence-electron chi connectivity index (χ3n) is 5.00. The van der Waals surface area contributed by atoms with Gasteiger partial charge in [-0.15, -0.1) is 0 Å². The smallest absolute Gasteiger partial charge is 0.269 e. The van der Waals surface area contributed by atoms with E-state index in [-0.39, 0.29) is 35.3 Å². The van der Waals surface area contributed by atoms with Crippen LogP contribution in [0.1, 0.15) is 46.4 Å². The molecule has 8 nitrogen and oxygen atoms in total. The van der Waals surface area contributed by atoms with Crippen molar-refractivity contribution in [1.82, 2.24) is 0 Å².